The molecule has 1 aromatic rings. The maximum Gasteiger partial charge on any atom is 0.573 e. The fourth-order valence-corrected chi connectivity index (χ4v) is 5.99. The van der Waals surface area contributed by atoms with Gasteiger partial charge < -0.3 is 4.74 Å². The van der Waals surface area contributed by atoms with Crippen molar-refractivity contribution in [3.63, 3.8) is 0 Å². The topological polar surface area (TPSA) is 9.23 Å². The molecule has 1 unspecified atom stereocenters. The Bertz CT molecular complexity index is 608. The Morgan fingerprint density at radius 1 is 0.867 bits per heavy atom. The van der Waals surface area contributed by atoms with Crippen molar-refractivity contribution in [3.05, 3.63) is 29.8 Å². The van der Waals surface area contributed by atoms with Crippen LogP contribution in [-0.4, -0.2) is 6.36 Å². The first-order chi connectivity index (χ1) is 14.4. The van der Waals surface area contributed by atoms with Crippen LogP contribution in [0.3, 0.4) is 0 Å². The average Bonchev–Trinajstić information content (AvgIpc) is 2.73. The fourth-order valence-electron chi connectivity index (χ4n) is 5.99. The van der Waals surface area contributed by atoms with E-state index in [9.17, 15) is 13.2 Å². The van der Waals surface area contributed by atoms with Crippen LogP contribution in [0.1, 0.15) is 102 Å². The molecule has 1 aromatic carbocycles. The number of hydrogen-bond acceptors (Lipinski definition) is 1. The molecule has 2 aliphatic carbocycles. The second-order valence-electron chi connectivity index (χ2n) is 9.86. The van der Waals surface area contributed by atoms with Crippen molar-refractivity contribution < 1.29 is 17.9 Å². The van der Waals surface area contributed by atoms with Gasteiger partial charge in [0.25, 0.3) is 0 Å². The van der Waals surface area contributed by atoms with E-state index in [0.29, 0.717) is 11.8 Å². The van der Waals surface area contributed by atoms with E-state index in [4.69, 9.17) is 0 Å². The van der Waals surface area contributed by atoms with Gasteiger partial charge in [0, 0.05) is 0 Å². The lowest BCUT2D eigenvalue weighted by Crippen LogP contribution is -2.27. The third-order valence-corrected chi connectivity index (χ3v) is 7.94. The predicted molar refractivity (Wildman–Crippen MR) is 117 cm³/mol. The monoisotopic (exact) mass is 424 g/mol. The van der Waals surface area contributed by atoms with Gasteiger partial charge in [-0.15, -0.1) is 13.2 Å². The van der Waals surface area contributed by atoms with Gasteiger partial charge in [0.1, 0.15) is 5.75 Å². The van der Waals surface area contributed by atoms with E-state index in [-0.39, 0.29) is 5.75 Å². The van der Waals surface area contributed by atoms with Crippen LogP contribution in [0.2, 0.25) is 0 Å². The zero-order valence-corrected chi connectivity index (χ0v) is 18.7. The van der Waals surface area contributed by atoms with Gasteiger partial charge in [-0.1, -0.05) is 64.5 Å². The number of alkyl halides is 3. The minimum atomic E-state index is -4.62. The van der Waals surface area contributed by atoms with Gasteiger partial charge in [-0.3, -0.25) is 0 Å². The van der Waals surface area contributed by atoms with Gasteiger partial charge in [0.05, 0.1) is 0 Å². The van der Waals surface area contributed by atoms with E-state index in [1.54, 1.807) is 12.1 Å². The molecule has 0 N–H and O–H groups in total. The molecule has 4 heteroatoms. The highest BCUT2D eigenvalue weighted by molar-refractivity contribution is 5.29. The van der Waals surface area contributed by atoms with Gasteiger partial charge >= 0.3 is 6.36 Å². The van der Waals surface area contributed by atoms with E-state index in [0.717, 1.165) is 23.3 Å². The molecular formula is C26H39F3O. The van der Waals surface area contributed by atoms with Crippen molar-refractivity contribution in [1.29, 1.82) is 0 Å². The summed E-state index contributed by atoms with van der Waals surface area (Å²) in [5.41, 5.74) is 1.13. The summed E-state index contributed by atoms with van der Waals surface area (Å²) in [6.07, 6.45) is 11.9. The lowest BCUT2D eigenvalue weighted by molar-refractivity contribution is -0.274. The van der Waals surface area contributed by atoms with Crippen LogP contribution in [0.5, 0.6) is 5.75 Å². The zero-order valence-electron chi connectivity index (χ0n) is 18.7. The zero-order chi connectivity index (χ0) is 21.6. The molecule has 0 amide bonds. The van der Waals surface area contributed by atoms with Gasteiger partial charge in [-0.2, -0.15) is 0 Å². The lowest BCUT2D eigenvalue weighted by Gasteiger charge is -2.39. The summed E-state index contributed by atoms with van der Waals surface area (Å²) >= 11 is 0. The molecule has 1 atom stereocenters. The molecule has 0 radical (unpaired) electrons. The first-order valence-corrected chi connectivity index (χ1v) is 12.2. The van der Waals surface area contributed by atoms with E-state index in [2.05, 4.69) is 18.6 Å². The molecule has 0 saturated heterocycles. The van der Waals surface area contributed by atoms with Crippen molar-refractivity contribution in [2.45, 2.75) is 103 Å². The number of benzene rings is 1. The van der Waals surface area contributed by atoms with Crippen LogP contribution in [0.4, 0.5) is 13.2 Å². The molecule has 1 nitrogen and oxygen atoms in total. The van der Waals surface area contributed by atoms with Crippen molar-refractivity contribution >= 4 is 0 Å². The van der Waals surface area contributed by atoms with E-state index in [1.807, 2.05) is 0 Å². The molecule has 0 aromatic heterocycles. The SMILES string of the molecule is CCCCCC1CCC(C2CCC(C(C)c3ccc(OC(F)(F)F)cc3)CC2)CC1. The summed E-state index contributed by atoms with van der Waals surface area (Å²) in [5, 5.41) is 0. The van der Waals surface area contributed by atoms with Crippen LogP contribution in [0.15, 0.2) is 24.3 Å². The standard InChI is InChI=1S/C26H39F3O/c1-3-4-5-6-20-7-9-23(10-8-20)24-13-11-21(12-14-24)19(2)22-15-17-25(18-16-22)30-26(27,28)29/h15-21,23-24H,3-14H2,1-2H3. The summed E-state index contributed by atoms with van der Waals surface area (Å²) in [4.78, 5) is 0. The third kappa shape index (κ3) is 6.92. The average molecular weight is 425 g/mol. The maximum atomic E-state index is 12.4. The summed E-state index contributed by atoms with van der Waals surface area (Å²) in [5.74, 6) is 3.71. The van der Waals surface area contributed by atoms with Crippen LogP contribution in [-0.2, 0) is 0 Å². The highest BCUT2D eigenvalue weighted by Crippen LogP contribution is 2.45. The van der Waals surface area contributed by atoms with E-state index >= 15 is 0 Å². The smallest absolute Gasteiger partial charge is 0.406 e. The molecule has 0 spiro atoms. The number of unbranched alkanes of at least 4 members (excludes halogenated alkanes) is 2. The van der Waals surface area contributed by atoms with Gasteiger partial charge in [0.2, 0.25) is 0 Å². The van der Waals surface area contributed by atoms with E-state index < -0.39 is 6.36 Å². The Hall–Kier alpha value is -1.19. The second kappa shape index (κ2) is 10.9. The van der Waals surface area contributed by atoms with Gasteiger partial charge in [-0.05, 0) is 85.8 Å². The minimum absolute atomic E-state index is 0.132. The Morgan fingerprint density at radius 2 is 1.43 bits per heavy atom. The summed E-state index contributed by atoms with van der Waals surface area (Å²) < 4.78 is 41.0. The Balaban J connectivity index is 1.42. The van der Waals surface area contributed by atoms with Crippen molar-refractivity contribution in [2.24, 2.45) is 23.7 Å². The van der Waals surface area contributed by atoms with Crippen molar-refractivity contribution in [2.75, 3.05) is 0 Å². The lowest BCUT2D eigenvalue weighted by atomic mass is 9.66. The van der Waals surface area contributed by atoms with E-state index in [1.165, 1.54) is 89.2 Å². The molecule has 0 bridgehead atoms. The van der Waals surface area contributed by atoms with Crippen LogP contribution < -0.4 is 4.74 Å². The van der Waals surface area contributed by atoms with Crippen LogP contribution in [0.25, 0.3) is 0 Å². The maximum absolute atomic E-state index is 12.4. The quantitative estimate of drug-likeness (QED) is 0.379. The fraction of sp³-hybridized carbons (Fsp3) is 0.769. The Labute approximate surface area is 180 Å². The first-order valence-electron chi connectivity index (χ1n) is 12.2. The minimum Gasteiger partial charge on any atom is -0.406 e. The number of ether oxygens (including phenoxy) is 1. The molecule has 2 aliphatic rings. The number of hydrogen-bond donors (Lipinski definition) is 0. The predicted octanol–water partition coefficient (Wildman–Crippen LogP) is 8.88. The molecule has 0 heterocycles. The summed E-state index contributed by atoms with van der Waals surface area (Å²) in [6.45, 7) is 4.51. The summed E-state index contributed by atoms with van der Waals surface area (Å²) in [7, 11) is 0. The molecule has 0 aliphatic heterocycles. The molecular weight excluding hydrogens is 385 g/mol. The van der Waals surface area contributed by atoms with Gasteiger partial charge in [0.15, 0.2) is 0 Å². The summed E-state index contributed by atoms with van der Waals surface area (Å²) in [6, 6.07) is 6.50. The molecule has 2 fully saturated rings. The van der Waals surface area contributed by atoms with Crippen molar-refractivity contribution in [3.8, 4) is 5.75 Å². The highest BCUT2D eigenvalue weighted by Gasteiger charge is 2.33. The largest absolute Gasteiger partial charge is 0.573 e. The van der Waals surface area contributed by atoms with Crippen molar-refractivity contribution in [1.82, 2.24) is 0 Å². The third-order valence-electron chi connectivity index (χ3n) is 7.94. The second-order valence-corrected chi connectivity index (χ2v) is 9.86. The molecule has 2 saturated carbocycles. The Morgan fingerprint density at radius 3 is 1.97 bits per heavy atom. The molecule has 3 rings (SSSR count). The number of halogens is 3. The normalized spacial score (nSPS) is 28.8. The Kier molecular flexibility index (Phi) is 8.53. The van der Waals surface area contributed by atoms with Crippen LogP contribution >= 0.6 is 0 Å². The molecule has 30 heavy (non-hydrogen) atoms. The first kappa shape index (κ1) is 23.5. The van der Waals surface area contributed by atoms with Crippen LogP contribution in [0, 0.1) is 23.7 Å². The highest BCUT2D eigenvalue weighted by atomic mass is 19.4. The number of rotatable bonds is 8. The molecule has 170 valence electrons. The van der Waals surface area contributed by atoms with Gasteiger partial charge in [-0.25, -0.2) is 0 Å².